The first kappa shape index (κ1) is 16.5. The summed E-state index contributed by atoms with van der Waals surface area (Å²) in [5.41, 5.74) is 1.17. The largest absolute Gasteiger partial charge is 0.357 e. The highest BCUT2D eigenvalue weighted by atomic mass is 79.9. The smallest absolute Gasteiger partial charge is 0.194 e. The number of aliphatic imine (C=N–C) groups is 1. The SMILES string of the molecule is CCNC(=NCc1ccc(Br)cc1)N(C)Cc1ncnn1C. The Labute approximate surface area is 139 Å². The maximum absolute atomic E-state index is 4.68. The average Bonchev–Trinajstić information content (AvgIpc) is 2.90. The lowest BCUT2D eigenvalue weighted by Gasteiger charge is -2.21. The van der Waals surface area contributed by atoms with Gasteiger partial charge in [-0.05, 0) is 24.6 Å². The van der Waals surface area contributed by atoms with Crippen molar-refractivity contribution in [1.29, 1.82) is 0 Å². The van der Waals surface area contributed by atoms with Crippen molar-refractivity contribution in [3.05, 3.63) is 46.5 Å². The number of aromatic nitrogens is 3. The first-order valence-corrected chi connectivity index (χ1v) is 7.96. The van der Waals surface area contributed by atoms with Gasteiger partial charge in [0.2, 0.25) is 0 Å². The first-order valence-electron chi connectivity index (χ1n) is 7.17. The predicted octanol–water partition coefficient (Wildman–Crippen LogP) is 2.18. The van der Waals surface area contributed by atoms with E-state index in [4.69, 9.17) is 0 Å². The van der Waals surface area contributed by atoms with Crippen LogP contribution >= 0.6 is 15.9 Å². The van der Waals surface area contributed by atoms with Crippen LogP contribution in [0.5, 0.6) is 0 Å². The predicted molar refractivity (Wildman–Crippen MR) is 91.4 cm³/mol. The number of nitrogens with zero attached hydrogens (tertiary/aromatic N) is 5. The highest BCUT2D eigenvalue weighted by Gasteiger charge is 2.09. The lowest BCUT2D eigenvalue weighted by molar-refractivity contribution is 0.448. The number of benzene rings is 1. The molecule has 1 N–H and O–H groups in total. The molecule has 0 aliphatic heterocycles. The van der Waals surface area contributed by atoms with E-state index in [2.05, 4.69) is 55.4 Å². The van der Waals surface area contributed by atoms with Gasteiger partial charge in [-0.15, -0.1) is 0 Å². The van der Waals surface area contributed by atoms with E-state index in [-0.39, 0.29) is 0 Å². The summed E-state index contributed by atoms with van der Waals surface area (Å²) in [7, 11) is 3.89. The number of halogens is 1. The van der Waals surface area contributed by atoms with E-state index in [1.54, 1.807) is 11.0 Å². The van der Waals surface area contributed by atoms with Crippen LogP contribution in [-0.4, -0.2) is 39.2 Å². The zero-order valence-electron chi connectivity index (χ0n) is 13.1. The van der Waals surface area contributed by atoms with Crippen molar-refractivity contribution in [2.75, 3.05) is 13.6 Å². The molecule has 1 aromatic heterocycles. The minimum atomic E-state index is 0.638. The molecule has 2 aromatic rings. The van der Waals surface area contributed by atoms with E-state index in [1.807, 2.05) is 31.1 Å². The molecule has 118 valence electrons. The first-order chi connectivity index (χ1) is 10.6. The summed E-state index contributed by atoms with van der Waals surface area (Å²) < 4.78 is 2.85. The van der Waals surface area contributed by atoms with Crippen molar-refractivity contribution < 1.29 is 0 Å². The van der Waals surface area contributed by atoms with Crippen molar-refractivity contribution >= 4 is 21.9 Å². The van der Waals surface area contributed by atoms with Crippen LogP contribution in [0.25, 0.3) is 0 Å². The van der Waals surface area contributed by atoms with Gasteiger partial charge in [0.05, 0.1) is 13.1 Å². The Hall–Kier alpha value is -1.89. The van der Waals surface area contributed by atoms with E-state index < -0.39 is 0 Å². The summed E-state index contributed by atoms with van der Waals surface area (Å²) in [5.74, 6) is 1.75. The molecule has 2 rings (SSSR count). The van der Waals surface area contributed by atoms with Crippen molar-refractivity contribution in [2.45, 2.75) is 20.0 Å². The summed E-state index contributed by atoms with van der Waals surface area (Å²) in [6.07, 6.45) is 1.56. The number of guanidine groups is 1. The van der Waals surface area contributed by atoms with Gasteiger partial charge in [-0.2, -0.15) is 5.10 Å². The zero-order valence-corrected chi connectivity index (χ0v) is 14.7. The maximum atomic E-state index is 4.68. The van der Waals surface area contributed by atoms with Gasteiger partial charge < -0.3 is 10.2 Å². The van der Waals surface area contributed by atoms with Crippen molar-refractivity contribution in [3.63, 3.8) is 0 Å². The van der Waals surface area contributed by atoms with E-state index >= 15 is 0 Å². The lowest BCUT2D eigenvalue weighted by atomic mass is 10.2. The van der Waals surface area contributed by atoms with E-state index in [0.29, 0.717) is 13.1 Å². The molecule has 0 bridgehead atoms. The van der Waals surface area contributed by atoms with Crippen LogP contribution in [0.3, 0.4) is 0 Å². The summed E-state index contributed by atoms with van der Waals surface area (Å²) in [4.78, 5) is 11.0. The third-order valence-corrected chi connectivity index (χ3v) is 3.73. The fraction of sp³-hybridized carbons (Fsp3) is 0.400. The van der Waals surface area contributed by atoms with E-state index in [9.17, 15) is 0 Å². The summed E-state index contributed by atoms with van der Waals surface area (Å²) >= 11 is 3.44. The normalized spacial score (nSPS) is 11.5. The van der Waals surface area contributed by atoms with Gasteiger partial charge in [-0.25, -0.2) is 9.98 Å². The van der Waals surface area contributed by atoms with Crippen molar-refractivity contribution in [2.24, 2.45) is 12.0 Å². The molecule has 6 nitrogen and oxygen atoms in total. The van der Waals surface area contributed by atoms with Gasteiger partial charge in [0.1, 0.15) is 12.2 Å². The molecule has 0 aliphatic rings. The number of rotatable bonds is 5. The van der Waals surface area contributed by atoms with Crippen molar-refractivity contribution in [1.82, 2.24) is 25.0 Å². The number of hydrogen-bond donors (Lipinski definition) is 1. The Morgan fingerprint density at radius 3 is 2.68 bits per heavy atom. The monoisotopic (exact) mass is 364 g/mol. The second-order valence-corrected chi connectivity index (χ2v) is 5.87. The van der Waals surface area contributed by atoms with Crippen LogP contribution in [0.15, 0.2) is 40.1 Å². The standard InChI is InChI=1S/C15H21BrN6/c1-4-17-15(18-9-12-5-7-13(16)8-6-12)21(2)10-14-19-11-20-22(14)3/h5-8,11H,4,9-10H2,1-3H3,(H,17,18). The summed E-state index contributed by atoms with van der Waals surface area (Å²) in [5, 5.41) is 7.40. The maximum Gasteiger partial charge on any atom is 0.194 e. The zero-order chi connectivity index (χ0) is 15.9. The highest BCUT2D eigenvalue weighted by Crippen LogP contribution is 2.11. The number of hydrogen-bond acceptors (Lipinski definition) is 3. The quantitative estimate of drug-likeness (QED) is 0.652. The van der Waals surface area contributed by atoms with Crippen molar-refractivity contribution in [3.8, 4) is 0 Å². The second-order valence-electron chi connectivity index (χ2n) is 4.95. The summed E-state index contributed by atoms with van der Waals surface area (Å²) in [6, 6.07) is 8.20. The molecule has 0 saturated heterocycles. The Bertz CT molecular complexity index is 619. The molecule has 0 saturated carbocycles. The average molecular weight is 365 g/mol. The molecule has 0 aliphatic carbocycles. The summed E-state index contributed by atoms with van der Waals surface area (Å²) in [6.45, 7) is 4.18. The van der Waals surface area contributed by atoms with Gasteiger partial charge in [0, 0.05) is 25.1 Å². The molecule has 0 unspecified atom stereocenters. The van der Waals surface area contributed by atoms with E-state index in [0.717, 1.165) is 22.8 Å². The Morgan fingerprint density at radius 2 is 2.09 bits per heavy atom. The molecule has 0 atom stereocenters. The highest BCUT2D eigenvalue weighted by molar-refractivity contribution is 9.10. The van der Waals surface area contributed by atoms with Gasteiger partial charge in [-0.3, -0.25) is 4.68 Å². The van der Waals surface area contributed by atoms with Gasteiger partial charge in [0.25, 0.3) is 0 Å². The fourth-order valence-corrected chi connectivity index (χ4v) is 2.24. The third kappa shape index (κ3) is 4.56. The van der Waals surface area contributed by atoms with Crippen LogP contribution in [-0.2, 0) is 20.1 Å². The van der Waals surface area contributed by atoms with Crippen LogP contribution < -0.4 is 5.32 Å². The van der Waals surface area contributed by atoms with Crippen LogP contribution in [0, 0.1) is 0 Å². The molecule has 7 heteroatoms. The minimum Gasteiger partial charge on any atom is -0.357 e. The number of aryl methyl sites for hydroxylation is 1. The topological polar surface area (TPSA) is 58.3 Å². The van der Waals surface area contributed by atoms with Gasteiger partial charge in [-0.1, -0.05) is 28.1 Å². The fourth-order valence-electron chi connectivity index (χ4n) is 1.98. The molecule has 0 fully saturated rings. The Kier molecular flexibility index (Phi) is 5.94. The minimum absolute atomic E-state index is 0.638. The van der Waals surface area contributed by atoms with Gasteiger partial charge >= 0.3 is 0 Å². The van der Waals surface area contributed by atoms with Crippen LogP contribution in [0.2, 0.25) is 0 Å². The number of nitrogens with one attached hydrogen (secondary N) is 1. The van der Waals surface area contributed by atoms with Gasteiger partial charge in [0.15, 0.2) is 5.96 Å². The lowest BCUT2D eigenvalue weighted by Crippen LogP contribution is -2.39. The molecule has 0 radical (unpaired) electrons. The molecule has 0 spiro atoms. The van der Waals surface area contributed by atoms with Crippen LogP contribution in [0.1, 0.15) is 18.3 Å². The molecule has 0 amide bonds. The molecule has 22 heavy (non-hydrogen) atoms. The molecular formula is C15H21BrN6. The Balaban J connectivity index is 2.05. The molecule has 1 heterocycles. The Morgan fingerprint density at radius 1 is 1.36 bits per heavy atom. The molecular weight excluding hydrogens is 344 g/mol. The third-order valence-electron chi connectivity index (χ3n) is 3.20. The van der Waals surface area contributed by atoms with E-state index in [1.165, 1.54) is 5.56 Å². The molecule has 1 aromatic carbocycles. The van der Waals surface area contributed by atoms with Crippen LogP contribution in [0.4, 0.5) is 0 Å². The second kappa shape index (κ2) is 7.93.